The minimum Gasteiger partial charge on any atom is -0.493 e. The normalized spacial score (nSPS) is 10.4. The fourth-order valence-electron chi connectivity index (χ4n) is 2.40. The second-order valence-electron chi connectivity index (χ2n) is 5.46. The number of rotatable bonds is 6. The van der Waals surface area contributed by atoms with Crippen molar-refractivity contribution in [3.8, 4) is 22.8 Å². The number of nitrogens with one attached hydrogen (secondary N) is 1. The number of hydrogen-bond acceptors (Lipinski definition) is 5. The Morgan fingerprint density at radius 3 is 2.50 bits per heavy atom. The van der Waals surface area contributed by atoms with E-state index in [0.717, 1.165) is 22.7 Å². The number of methoxy groups -OCH3 is 2. The number of carbonyl (C=O) groups is 1. The van der Waals surface area contributed by atoms with Gasteiger partial charge in [0.25, 0.3) is 5.91 Å². The van der Waals surface area contributed by atoms with Gasteiger partial charge in [0.1, 0.15) is 10.7 Å². The molecule has 1 heterocycles. The van der Waals surface area contributed by atoms with Gasteiger partial charge >= 0.3 is 0 Å². The molecule has 1 amide bonds. The predicted molar refractivity (Wildman–Crippen MR) is 98.2 cm³/mol. The number of carbonyl (C=O) groups excluding carboxylic acids is 1. The van der Waals surface area contributed by atoms with Crippen LogP contribution in [0, 0.1) is 5.82 Å². The molecule has 0 fully saturated rings. The third-order valence-corrected chi connectivity index (χ3v) is 4.56. The molecule has 134 valence electrons. The van der Waals surface area contributed by atoms with Crippen LogP contribution >= 0.6 is 11.5 Å². The monoisotopic (exact) mass is 372 g/mol. The van der Waals surface area contributed by atoms with Gasteiger partial charge in [0, 0.05) is 12.1 Å². The maximum Gasteiger partial charge on any atom is 0.263 e. The molecule has 0 aliphatic heterocycles. The Balaban J connectivity index is 1.66. The molecule has 7 heteroatoms. The van der Waals surface area contributed by atoms with Crippen LogP contribution in [0.3, 0.4) is 0 Å². The van der Waals surface area contributed by atoms with Crippen LogP contribution in [0.25, 0.3) is 11.3 Å². The molecule has 0 spiro atoms. The van der Waals surface area contributed by atoms with Gasteiger partial charge in [-0.1, -0.05) is 6.07 Å². The summed E-state index contributed by atoms with van der Waals surface area (Å²) in [7, 11) is 3.14. The summed E-state index contributed by atoms with van der Waals surface area (Å²) in [5.74, 6) is 0.715. The summed E-state index contributed by atoms with van der Waals surface area (Å²) < 4.78 is 27.7. The Kier molecular flexibility index (Phi) is 5.48. The van der Waals surface area contributed by atoms with E-state index < -0.39 is 0 Å². The number of aromatic nitrogens is 1. The molecule has 26 heavy (non-hydrogen) atoms. The summed E-state index contributed by atoms with van der Waals surface area (Å²) in [6, 6.07) is 13.2. The first-order chi connectivity index (χ1) is 12.6. The molecule has 0 aliphatic rings. The third kappa shape index (κ3) is 4.00. The van der Waals surface area contributed by atoms with Crippen LogP contribution in [0.15, 0.2) is 48.5 Å². The maximum atomic E-state index is 13.0. The smallest absolute Gasteiger partial charge is 0.263 e. The van der Waals surface area contributed by atoms with Crippen LogP contribution in [-0.2, 0) is 6.54 Å². The number of ether oxygens (including phenoxy) is 2. The lowest BCUT2D eigenvalue weighted by molar-refractivity contribution is 0.0955. The van der Waals surface area contributed by atoms with Crippen LogP contribution in [0.2, 0.25) is 0 Å². The molecule has 0 saturated carbocycles. The van der Waals surface area contributed by atoms with Crippen LogP contribution in [0.1, 0.15) is 15.2 Å². The number of hydrogen-bond donors (Lipinski definition) is 1. The molecule has 0 radical (unpaired) electrons. The zero-order valence-electron chi connectivity index (χ0n) is 14.3. The van der Waals surface area contributed by atoms with Crippen molar-refractivity contribution in [1.29, 1.82) is 0 Å². The topological polar surface area (TPSA) is 60.5 Å². The fourth-order valence-corrected chi connectivity index (χ4v) is 3.07. The highest BCUT2D eigenvalue weighted by Crippen LogP contribution is 2.27. The molecule has 0 bridgehead atoms. The van der Waals surface area contributed by atoms with Crippen molar-refractivity contribution in [2.45, 2.75) is 6.54 Å². The lowest BCUT2D eigenvalue weighted by atomic mass is 10.1. The lowest BCUT2D eigenvalue weighted by Crippen LogP contribution is -2.21. The second kappa shape index (κ2) is 7.97. The van der Waals surface area contributed by atoms with Gasteiger partial charge in [0.05, 0.1) is 19.9 Å². The Morgan fingerprint density at radius 2 is 1.81 bits per heavy atom. The zero-order chi connectivity index (χ0) is 18.5. The van der Waals surface area contributed by atoms with Gasteiger partial charge in [-0.05, 0) is 59.6 Å². The van der Waals surface area contributed by atoms with Crippen molar-refractivity contribution < 1.29 is 18.7 Å². The molecule has 0 unspecified atom stereocenters. The van der Waals surface area contributed by atoms with Crippen LogP contribution in [-0.4, -0.2) is 24.5 Å². The van der Waals surface area contributed by atoms with Gasteiger partial charge in [-0.25, -0.2) is 4.39 Å². The summed E-state index contributed by atoms with van der Waals surface area (Å²) in [5.41, 5.74) is 2.30. The van der Waals surface area contributed by atoms with Gasteiger partial charge in [0.2, 0.25) is 0 Å². The molecular weight excluding hydrogens is 355 g/mol. The zero-order valence-corrected chi connectivity index (χ0v) is 15.1. The first-order valence-corrected chi connectivity index (χ1v) is 8.60. The molecule has 0 atom stereocenters. The molecule has 3 aromatic rings. The number of amides is 1. The van der Waals surface area contributed by atoms with Gasteiger partial charge in [-0.3, -0.25) is 4.79 Å². The quantitative estimate of drug-likeness (QED) is 0.713. The van der Waals surface area contributed by atoms with E-state index in [1.54, 1.807) is 38.5 Å². The van der Waals surface area contributed by atoms with E-state index in [0.29, 0.717) is 28.6 Å². The molecule has 1 aromatic heterocycles. The molecule has 0 aliphatic carbocycles. The number of benzene rings is 2. The van der Waals surface area contributed by atoms with E-state index in [4.69, 9.17) is 9.47 Å². The Labute approximate surface area is 154 Å². The summed E-state index contributed by atoms with van der Waals surface area (Å²) >= 11 is 1.11. The number of nitrogens with zero attached hydrogens (tertiary/aromatic N) is 1. The van der Waals surface area contributed by atoms with E-state index in [1.165, 1.54) is 12.1 Å². The predicted octanol–water partition coefficient (Wildman–Crippen LogP) is 3.90. The largest absolute Gasteiger partial charge is 0.493 e. The molecule has 0 saturated heterocycles. The fraction of sp³-hybridized carbons (Fsp3) is 0.158. The molecule has 3 rings (SSSR count). The highest BCUT2D eigenvalue weighted by molar-refractivity contribution is 7.08. The van der Waals surface area contributed by atoms with Crippen molar-refractivity contribution in [1.82, 2.24) is 9.69 Å². The lowest BCUT2D eigenvalue weighted by Gasteiger charge is -2.10. The summed E-state index contributed by atoms with van der Waals surface area (Å²) in [4.78, 5) is 12.8. The first kappa shape index (κ1) is 17.9. The van der Waals surface area contributed by atoms with Crippen molar-refractivity contribution in [3.05, 3.63) is 64.8 Å². The number of halogens is 1. The van der Waals surface area contributed by atoms with E-state index in [9.17, 15) is 9.18 Å². The van der Waals surface area contributed by atoms with E-state index in [1.807, 2.05) is 12.1 Å². The summed E-state index contributed by atoms with van der Waals surface area (Å²) in [6.07, 6.45) is 0. The first-order valence-electron chi connectivity index (χ1n) is 7.82. The van der Waals surface area contributed by atoms with Crippen LogP contribution < -0.4 is 14.8 Å². The highest BCUT2D eigenvalue weighted by atomic mass is 32.1. The highest BCUT2D eigenvalue weighted by Gasteiger charge is 2.12. The standard InChI is InChI=1S/C19H17FN2O3S/c1-24-16-8-3-12(9-17(16)25-2)11-21-19(23)18-10-15(22-26-18)13-4-6-14(20)7-5-13/h3-10H,11H2,1-2H3,(H,21,23). The van der Waals surface area contributed by atoms with Crippen LogP contribution in [0.5, 0.6) is 11.5 Å². The molecule has 2 aromatic carbocycles. The van der Waals surface area contributed by atoms with Gasteiger partial charge in [-0.2, -0.15) is 4.37 Å². The van der Waals surface area contributed by atoms with E-state index in [-0.39, 0.29) is 11.7 Å². The molecule has 5 nitrogen and oxygen atoms in total. The average molecular weight is 372 g/mol. The molecular formula is C19H17FN2O3S. The van der Waals surface area contributed by atoms with E-state index >= 15 is 0 Å². The van der Waals surface area contributed by atoms with Gasteiger partial charge in [-0.15, -0.1) is 0 Å². The van der Waals surface area contributed by atoms with Crippen molar-refractivity contribution >= 4 is 17.4 Å². The van der Waals surface area contributed by atoms with Crippen molar-refractivity contribution in [2.24, 2.45) is 0 Å². The SMILES string of the molecule is COc1ccc(CNC(=O)c2cc(-c3ccc(F)cc3)ns2)cc1OC. The molecule has 1 N–H and O–H groups in total. The Bertz CT molecular complexity index is 909. The van der Waals surface area contributed by atoms with E-state index in [2.05, 4.69) is 9.69 Å². The summed E-state index contributed by atoms with van der Waals surface area (Å²) in [5, 5.41) is 2.85. The maximum absolute atomic E-state index is 13.0. The minimum atomic E-state index is -0.308. The second-order valence-corrected chi connectivity index (χ2v) is 6.26. The third-order valence-electron chi connectivity index (χ3n) is 3.77. The van der Waals surface area contributed by atoms with Gasteiger partial charge in [0.15, 0.2) is 11.5 Å². The minimum absolute atomic E-state index is 0.217. The summed E-state index contributed by atoms with van der Waals surface area (Å²) in [6.45, 7) is 0.350. The van der Waals surface area contributed by atoms with Crippen molar-refractivity contribution in [3.63, 3.8) is 0 Å². The average Bonchev–Trinajstić information content (AvgIpc) is 3.16. The van der Waals surface area contributed by atoms with Crippen LogP contribution in [0.4, 0.5) is 4.39 Å². The Morgan fingerprint density at radius 1 is 1.08 bits per heavy atom. The van der Waals surface area contributed by atoms with Gasteiger partial charge < -0.3 is 14.8 Å². The Hall–Kier alpha value is -2.93. The van der Waals surface area contributed by atoms with Crippen molar-refractivity contribution in [2.75, 3.05) is 14.2 Å².